The van der Waals surface area contributed by atoms with E-state index in [-0.39, 0.29) is 36.7 Å². The zero-order valence-electron chi connectivity index (χ0n) is 13.8. The molecule has 1 aliphatic heterocycles. The van der Waals surface area contributed by atoms with Crippen LogP contribution in [-0.4, -0.2) is 59.0 Å². The maximum atomic E-state index is 12.0. The van der Waals surface area contributed by atoms with Gasteiger partial charge in [0.05, 0.1) is 12.5 Å². The summed E-state index contributed by atoms with van der Waals surface area (Å²) >= 11 is 0. The van der Waals surface area contributed by atoms with Gasteiger partial charge in [0.1, 0.15) is 18.3 Å². The third kappa shape index (κ3) is 4.89. The number of amides is 2. The van der Waals surface area contributed by atoms with E-state index in [2.05, 4.69) is 10.6 Å². The first-order valence-corrected chi connectivity index (χ1v) is 8.54. The number of aliphatic hydroxyl groups excluding tert-OH is 2. The molecular weight excluding hydrogens is 300 g/mol. The number of nitrogens with one attached hydrogen (secondary N) is 2. The first-order chi connectivity index (χ1) is 11.0. The molecule has 0 radical (unpaired) electrons. The molecule has 1 aliphatic carbocycles. The highest BCUT2D eigenvalue weighted by atomic mass is 16.5. The van der Waals surface area contributed by atoms with E-state index in [0.717, 1.165) is 25.7 Å². The van der Waals surface area contributed by atoms with Gasteiger partial charge in [-0.3, -0.25) is 9.59 Å². The average Bonchev–Trinajstić information content (AvgIpc) is 3.29. The first-order valence-electron chi connectivity index (χ1n) is 8.54. The van der Waals surface area contributed by atoms with Gasteiger partial charge in [-0.05, 0) is 25.7 Å². The lowest BCUT2D eigenvalue weighted by Crippen LogP contribution is -2.41. The van der Waals surface area contributed by atoms with Gasteiger partial charge in [-0.2, -0.15) is 0 Å². The summed E-state index contributed by atoms with van der Waals surface area (Å²) in [7, 11) is 0. The summed E-state index contributed by atoms with van der Waals surface area (Å²) in [6.07, 6.45) is -0.135. The van der Waals surface area contributed by atoms with Gasteiger partial charge in [-0.1, -0.05) is 13.8 Å². The van der Waals surface area contributed by atoms with E-state index >= 15 is 0 Å². The van der Waals surface area contributed by atoms with Gasteiger partial charge in [0.25, 0.3) is 0 Å². The highest BCUT2D eigenvalue weighted by molar-refractivity contribution is 5.78. The van der Waals surface area contributed by atoms with Crippen LogP contribution in [0.15, 0.2) is 0 Å². The zero-order valence-corrected chi connectivity index (χ0v) is 13.8. The van der Waals surface area contributed by atoms with E-state index in [1.165, 1.54) is 0 Å². The molecule has 23 heavy (non-hydrogen) atoms. The maximum Gasteiger partial charge on any atom is 0.223 e. The van der Waals surface area contributed by atoms with Gasteiger partial charge >= 0.3 is 0 Å². The Morgan fingerprint density at radius 1 is 1.13 bits per heavy atom. The van der Waals surface area contributed by atoms with Gasteiger partial charge < -0.3 is 25.6 Å². The van der Waals surface area contributed by atoms with Crippen LogP contribution < -0.4 is 10.6 Å². The second-order valence-electron chi connectivity index (χ2n) is 6.50. The van der Waals surface area contributed by atoms with Crippen molar-refractivity contribution in [1.82, 2.24) is 10.6 Å². The minimum Gasteiger partial charge on any atom is -0.388 e. The lowest BCUT2D eigenvalue weighted by atomic mass is 10.0. The summed E-state index contributed by atoms with van der Waals surface area (Å²) in [6.45, 7) is 4.04. The second-order valence-corrected chi connectivity index (χ2v) is 6.50. The molecule has 132 valence electrons. The standard InChI is InChI=1S/C16H28N2O5/c1-3-9(4-2)16(22)17-8-12-15(21)14(20)11(23-12)7-13(19)18-10-5-6-10/h9-12,14-15,20-21H,3-8H2,1-2H3,(H,17,22)(H,18,19)/t11-,12+,14-,15+/m0/s1. The van der Waals surface area contributed by atoms with Crippen LogP contribution in [0.5, 0.6) is 0 Å². The molecule has 0 spiro atoms. The number of hydrogen-bond donors (Lipinski definition) is 4. The van der Waals surface area contributed by atoms with E-state index in [1.807, 2.05) is 13.8 Å². The molecule has 4 N–H and O–H groups in total. The van der Waals surface area contributed by atoms with E-state index in [4.69, 9.17) is 4.74 Å². The number of hydrogen-bond acceptors (Lipinski definition) is 5. The number of rotatable bonds is 8. The molecule has 1 saturated heterocycles. The number of aliphatic hydroxyl groups is 2. The van der Waals surface area contributed by atoms with Crippen molar-refractivity contribution in [3.05, 3.63) is 0 Å². The van der Waals surface area contributed by atoms with Crippen molar-refractivity contribution >= 4 is 11.8 Å². The van der Waals surface area contributed by atoms with E-state index in [9.17, 15) is 19.8 Å². The largest absolute Gasteiger partial charge is 0.388 e. The van der Waals surface area contributed by atoms with E-state index < -0.39 is 24.4 Å². The molecule has 2 amide bonds. The Morgan fingerprint density at radius 3 is 2.30 bits per heavy atom. The fourth-order valence-electron chi connectivity index (χ4n) is 2.87. The van der Waals surface area contributed by atoms with Crippen LogP contribution in [0.3, 0.4) is 0 Å². The second kappa shape index (κ2) is 8.08. The molecule has 2 rings (SSSR count). The molecule has 0 aromatic carbocycles. The molecule has 2 fully saturated rings. The fraction of sp³-hybridized carbons (Fsp3) is 0.875. The van der Waals surface area contributed by atoms with Gasteiger partial charge in [0, 0.05) is 18.5 Å². The SMILES string of the molecule is CCC(CC)C(=O)NC[C@H]1O[C@@H](CC(=O)NC2CC2)[C@H](O)[C@@H]1O. The summed E-state index contributed by atoms with van der Waals surface area (Å²) in [5.74, 6) is -0.306. The smallest absolute Gasteiger partial charge is 0.223 e. The van der Waals surface area contributed by atoms with Crippen molar-refractivity contribution in [2.45, 2.75) is 76.4 Å². The van der Waals surface area contributed by atoms with E-state index in [1.54, 1.807) is 0 Å². The quantitative estimate of drug-likeness (QED) is 0.489. The fourth-order valence-corrected chi connectivity index (χ4v) is 2.87. The first kappa shape index (κ1) is 18.2. The molecule has 0 bridgehead atoms. The average molecular weight is 328 g/mol. The van der Waals surface area contributed by atoms with E-state index in [0.29, 0.717) is 0 Å². The summed E-state index contributed by atoms with van der Waals surface area (Å²) in [5.41, 5.74) is 0. The molecule has 0 aromatic rings. The zero-order chi connectivity index (χ0) is 17.0. The lowest BCUT2D eigenvalue weighted by molar-refractivity contribution is -0.127. The Kier molecular flexibility index (Phi) is 6.38. The van der Waals surface area contributed by atoms with Crippen LogP contribution in [0.4, 0.5) is 0 Å². The summed E-state index contributed by atoms with van der Waals surface area (Å²) in [4.78, 5) is 23.8. The van der Waals surface area contributed by atoms with Crippen molar-refractivity contribution in [3.8, 4) is 0 Å². The predicted octanol–water partition coefficient (Wildman–Crippen LogP) is -0.303. The predicted molar refractivity (Wildman–Crippen MR) is 83.5 cm³/mol. The Labute approximate surface area is 136 Å². The van der Waals surface area contributed by atoms with Crippen LogP contribution in [-0.2, 0) is 14.3 Å². The number of ether oxygens (including phenoxy) is 1. The van der Waals surface area contributed by atoms with Crippen LogP contribution in [0.2, 0.25) is 0 Å². The van der Waals surface area contributed by atoms with Gasteiger partial charge in [-0.25, -0.2) is 0 Å². The minimum absolute atomic E-state index is 0.0196. The molecule has 1 saturated carbocycles. The third-order valence-electron chi connectivity index (χ3n) is 4.62. The van der Waals surface area contributed by atoms with Crippen LogP contribution in [0.1, 0.15) is 46.0 Å². The van der Waals surface area contributed by atoms with Gasteiger partial charge in [-0.15, -0.1) is 0 Å². The number of carbonyl (C=O) groups is 2. The van der Waals surface area contributed by atoms with Crippen molar-refractivity contribution in [3.63, 3.8) is 0 Å². The highest BCUT2D eigenvalue weighted by Crippen LogP contribution is 2.25. The maximum absolute atomic E-state index is 12.0. The molecule has 7 heteroatoms. The molecule has 4 atom stereocenters. The topological polar surface area (TPSA) is 108 Å². The van der Waals surface area contributed by atoms with Crippen molar-refractivity contribution < 1.29 is 24.5 Å². The van der Waals surface area contributed by atoms with Gasteiger partial charge in [0.2, 0.25) is 11.8 Å². The van der Waals surface area contributed by atoms with Crippen molar-refractivity contribution in [2.24, 2.45) is 5.92 Å². The molecule has 0 unspecified atom stereocenters. The van der Waals surface area contributed by atoms with Crippen LogP contribution in [0, 0.1) is 5.92 Å². The van der Waals surface area contributed by atoms with Crippen LogP contribution >= 0.6 is 0 Å². The number of carbonyl (C=O) groups excluding carboxylic acids is 2. The summed E-state index contributed by atoms with van der Waals surface area (Å²) in [5, 5.41) is 25.7. The summed E-state index contributed by atoms with van der Waals surface area (Å²) in [6, 6.07) is 0.251. The third-order valence-corrected chi connectivity index (χ3v) is 4.62. The Hall–Kier alpha value is -1.18. The van der Waals surface area contributed by atoms with Gasteiger partial charge in [0.15, 0.2) is 0 Å². The molecular formula is C16H28N2O5. The molecule has 7 nitrogen and oxygen atoms in total. The lowest BCUT2D eigenvalue weighted by Gasteiger charge is -2.18. The Bertz CT molecular complexity index is 423. The summed E-state index contributed by atoms with van der Waals surface area (Å²) < 4.78 is 5.58. The molecule has 1 heterocycles. The van der Waals surface area contributed by atoms with Crippen LogP contribution in [0.25, 0.3) is 0 Å². The monoisotopic (exact) mass is 328 g/mol. The Balaban J connectivity index is 1.79. The van der Waals surface area contributed by atoms with Crippen molar-refractivity contribution in [1.29, 1.82) is 0 Å². The Morgan fingerprint density at radius 2 is 1.74 bits per heavy atom. The molecule has 0 aromatic heterocycles. The van der Waals surface area contributed by atoms with Crippen molar-refractivity contribution in [2.75, 3.05) is 6.54 Å². The molecule has 2 aliphatic rings. The normalized spacial score (nSPS) is 30.5. The minimum atomic E-state index is -1.12. The highest BCUT2D eigenvalue weighted by Gasteiger charge is 2.43.